The summed E-state index contributed by atoms with van der Waals surface area (Å²) >= 11 is 0. The highest BCUT2D eigenvalue weighted by atomic mass is 16.5. The summed E-state index contributed by atoms with van der Waals surface area (Å²) in [5, 5.41) is 9.32. The maximum Gasteiger partial charge on any atom is 0.311 e. The van der Waals surface area contributed by atoms with Crippen LogP contribution in [0, 0.1) is 5.92 Å². The van der Waals surface area contributed by atoms with Gasteiger partial charge in [-0.2, -0.15) is 0 Å². The number of aliphatic hydroxyl groups excluding tert-OH is 1. The zero-order chi connectivity index (χ0) is 11.7. The zero-order valence-electron chi connectivity index (χ0n) is 10.2. The number of hydrogen-bond acceptors (Lipinski definition) is 3. The number of esters is 1. The molecule has 0 aromatic heterocycles. The molecule has 15 heavy (non-hydrogen) atoms. The van der Waals surface area contributed by atoms with Crippen molar-refractivity contribution in [3.8, 4) is 0 Å². The molecule has 0 spiro atoms. The van der Waals surface area contributed by atoms with E-state index < -0.39 is 6.10 Å². The fourth-order valence-corrected chi connectivity index (χ4v) is 1.51. The van der Waals surface area contributed by atoms with Gasteiger partial charge in [0.2, 0.25) is 0 Å². The van der Waals surface area contributed by atoms with Gasteiger partial charge in [0.05, 0.1) is 18.6 Å². The number of carbonyl (C=O) groups is 1. The van der Waals surface area contributed by atoms with Crippen LogP contribution in [0.15, 0.2) is 0 Å². The molecule has 0 aliphatic rings. The molecule has 0 heterocycles. The molecular formula is C12H24O3. The number of unbranched alkanes of at least 4 members (excludes halogenated alkanes) is 3. The highest BCUT2D eigenvalue weighted by Crippen LogP contribution is 2.11. The van der Waals surface area contributed by atoms with E-state index in [9.17, 15) is 9.90 Å². The number of ether oxygens (including phenoxy) is 1. The van der Waals surface area contributed by atoms with Gasteiger partial charge in [-0.3, -0.25) is 4.79 Å². The second kappa shape index (κ2) is 8.72. The minimum atomic E-state index is -0.613. The minimum Gasteiger partial charge on any atom is -0.465 e. The lowest BCUT2D eigenvalue weighted by atomic mass is 10.0. The van der Waals surface area contributed by atoms with Crippen LogP contribution in [0.25, 0.3) is 0 Å². The lowest BCUT2D eigenvalue weighted by Gasteiger charge is -2.16. The van der Waals surface area contributed by atoms with Crippen LogP contribution in [0.3, 0.4) is 0 Å². The third-order valence-electron chi connectivity index (χ3n) is 2.57. The van der Waals surface area contributed by atoms with Crippen LogP contribution < -0.4 is 0 Å². The minimum absolute atomic E-state index is 0.260. The Bertz CT molecular complexity index is 166. The van der Waals surface area contributed by atoms with Crippen molar-refractivity contribution in [3.63, 3.8) is 0 Å². The molecule has 0 amide bonds. The van der Waals surface area contributed by atoms with Crippen molar-refractivity contribution in [1.82, 2.24) is 0 Å². The van der Waals surface area contributed by atoms with E-state index in [2.05, 4.69) is 6.92 Å². The van der Waals surface area contributed by atoms with Crippen LogP contribution in [0.5, 0.6) is 0 Å². The average molecular weight is 216 g/mol. The first kappa shape index (κ1) is 14.4. The van der Waals surface area contributed by atoms with Crippen LogP contribution >= 0.6 is 0 Å². The van der Waals surface area contributed by atoms with E-state index in [4.69, 9.17) is 4.74 Å². The molecule has 90 valence electrons. The fraction of sp³-hybridized carbons (Fsp3) is 0.917. The lowest BCUT2D eigenvalue weighted by molar-refractivity contribution is -0.152. The standard InChI is InChI=1S/C12H24O3/c1-4-6-7-8-9-15-12(14)11(5-2)10(3)13/h10-11,13H,4-9H2,1-3H3. The van der Waals surface area contributed by atoms with Crippen molar-refractivity contribution >= 4 is 5.97 Å². The Labute approximate surface area is 92.8 Å². The molecule has 1 N–H and O–H groups in total. The van der Waals surface area contributed by atoms with Crippen molar-refractivity contribution in [3.05, 3.63) is 0 Å². The normalized spacial score (nSPS) is 14.7. The van der Waals surface area contributed by atoms with Crippen LogP contribution in [0.1, 0.15) is 52.9 Å². The van der Waals surface area contributed by atoms with E-state index in [1.165, 1.54) is 12.8 Å². The van der Waals surface area contributed by atoms with Gasteiger partial charge in [-0.25, -0.2) is 0 Å². The maximum absolute atomic E-state index is 11.5. The highest BCUT2D eigenvalue weighted by Gasteiger charge is 2.22. The van der Waals surface area contributed by atoms with Gasteiger partial charge in [0.25, 0.3) is 0 Å². The molecule has 0 rings (SSSR count). The predicted octanol–water partition coefficient (Wildman–Crippen LogP) is 2.52. The molecule has 3 heteroatoms. The van der Waals surface area contributed by atoms with Crippen molar-refractivity contribution in [1.29, 1.82) is 0 Å². The molecule has 0 fully saturated rings. The number of rotatable bonds is 8. The van der Waals surface area contributed by atoms with E-state index in [-0.39, 0.29) is 11.9 Å². The zero-order valence-corrected chi connectivity index (χ0v) is 10.2. The molecule has 0 bridgehead atoms. The van der Waals surface area contributed by atoms with Crippen LogP contribution in [0.2, 0.25) is 0 Å². The number of carbonyl (C=O) groups excluding carboxylic acids is 1. The number of hydrogen-bond donors (Lipinski definition) is 1. The van der Waals surface area contributed by atoms with Gasteiger partial charge >= 0.3 is 5.97 Å². The maximum atomic E-state index is 11.5. The Kier molecular flexibility index (Phi) is 8.38. The first-order valence-corrected chi connectivity index (χ1v) is 5.98. The van der Waals surface area contributed by atoms with Gasteiger partial charge in [-0.1, -0.05) is 33.1 Å². The van der Waals surface area contributed by atoms with E-state index in [1.54, 1.807) is 6.92 Å². The van der Waals surface area contributed by atoms with E-state index in [0.717, 1.165) is 12.8 Å². The average Bonchev–Trinajstić information content (AvgIpc) is 2.18. The molecule has 2 unspecified atom stereocenters. The van der Waals surface area contributed by atoms with Crippen LogP contribution in [-0.2, 0) is 9.53 Å². The Morgan fingerprint density at radius 3 is 2.40 bits per heavy atom. The van der Waals surface area contributed by atoms with Gasteiger partial charge < -0.3 is 9.84 Å². The third-order valence-corrected chi connectivity index (χ3v) is 2.57. The largest absolute Gasteiger partial charge is 0.465 e. The molecular weight excluding hydrogens is 192 g/mol. The predicted molar refractivity (Wildman–Crippen MR) is 60.6 cm³/mol. The monoisotopic (exact) mass is 216 g/mol. The molecule has 0 aliphatic carbocycles. The third kappa shape index (κ3) is 6.50. The molecule has 2 atom stereocenters. The summed E-state index contributed by atoms with van der Waals surface area (Å²) in [5.41, 5.74) is 0. The van der Waals surface area contributed by atoms with Crippen LogP contribution in [-0.4, -0.2) is 23.8 Å². The Morgan fingerprint density at radius 2 is 1.93 bits per heavy atom. The fourth-order valence-electron chi connectivity index (χ4n) is 1.51. The molecule has 0 saturated heterocycles. The number of aliphatic hydroxyl groups is 1. The molecule has 0 aromatic rings. The highest BCUT2D eigenvalue weighted by molar-refractivity contribution is 5.72. The smallest absolute Gasteiger partial charge is 0.311 e. The second-order valence-corrected chi connectivity index (χ2v) is 3.98. The van der Waals surface area contributed by atoms with Gasteiger partial charge in [0, 0.05) is 0 Å². The van der Waals surface area contributed by atoms with Gasteiger partial charge in [-0.15, -0.1) is 0 Å². The van der Waals surface area contributed by atoms with Crippen molar-refractivity contribution in [2.75, 3.05) is 6.61 Å². The summed E-state index contributed by atoms with van der Waals surface area (Å²) in [5.74, 6) is -0.625. The summed E-state index contributed by atoms with van der Waals surface area (Å²) in [4.78, 5) is 11.5. The van der Waals surface area contributed by atoms with Gasteiger partial charge in [0.15, 0.2) is 0 Å². The van der Waals surface area contributed by atoms with Crippen LogP contribution in [0.4, 0.5) is 0 Å². The van der Waals surface area contributed by atoms with Gasteiger partial charge in [0.1, 0.15) is 0 Å². The molecule has 0 aliphatic heterocycles. The summed E-state index contributed by atoms with van der Waals surface area (Å²) in [6, 6.07) is 0. The second-order valence-electron chi connectivity index (χ2n) is 3.98. The summed E-state index contributed by atoms with van der Waals surface area (Å²) in [6.45, 7) is 6.15. The van der Waals surface area contributed by atoms with E-state index in [0.29, 0.717) is 13.0 Å². The molecule has 3 nitrogen and oxygen atoms in total. The lowest BCUT2D eigenvalue weighted by Crippen LogP contribution is -2.27. The van der Waals surface area contributed by atoms with Crippen molar-refractivity contribution < 1.29 is 14.6 Å². The Hall–Kier alpha value is -0.570. The molecule has 0 saturated carbocycles. The summed E-state index contributed by atoms with van der Waals surface area (Å²) in [7, 11) is 0. The van der Waals surface area contributed by atoms with Crippen molar-refractivity contribution in [2.45, 2.75) is 59.0 Å². The molecule has 0 aromatic carbocycles. The summed E-state index contributed by atoms with van der Waals surface area (Å²) < 4.78 is 5.10. The Morgan fingerprint density at radius 1 is 1.27 bits per heavy atom. The summed E-state index contributed by atoms with van der Waals surface area (Å²) in [6.07, 6.45) is 4.42. The quantitative estimate of drug-likeness (QED) is 0.501. The molecule has 0 radical (unpaired) electrons. The van der Waals surface area contributed by atoms with Crippen molar-refractivity contribution in [2.24, 2.45) is 5.92 Å². The van der Waals surface area contributed by atoms with E-state index in [1.807, 2.05) is 6.92 Å². The first-order valence-electron chi connectivity index (χ1n) is 5.98. The van der Waals surface area contributed by atoms with E-state index >= 15 is 0 Å². The SMILES string of the molecule is CCCCCCOC(=O)C(CC)C(C)O. The topological polar surface area (TPSA) is 46.5 Å². The Balaban J connectivity index is 3.63. The van der Waals surface area contributed by atoms with Gasteiger partial charge in [-0.05, 0) is 19.8 Å². The first-order chi connectivity index (χ1) is 7.13.